The van der Waals surface area contributed by atoms with Crippen LogP contribution < -0.4 is 4.74 Å². The highest BCUT2D eigenvalue weighted by Gasteiger charge is 2.32. The van der Waals surface area contributed by atoms with E-state index in [1.807, 2.05) is 23.6 Å². The molecule has 3 aromatic rings. The lowest BCUT2D eigenvalue weighted by Crippen LogP contribution is -2.40. The summed E-state index contributed by atoms with van der Waals surface area (Å²) in [5.41, 5.74) is 1.39. The van der Waals surface area contributed by atoms with Gasteiger partial charge in [-0.15, -0.1) is 11.3 Å². The standard InChI is InChI=1S/C23H23FN4O3S/c1-16(29)27-10-9-20(23-26-19(15-32-23)17-7-8-21(24)25-13-17)28(12-11-27)22(30)14-31-18-5-3-2-4-6-18/h2-8,13,15,20H,9-12,14H2,1H3. The molecule has 2 aromatic heterocycles. The fourth-order valence-electron chi connectivity index (χ4n) is 3.65. The first-order chi connectivity index (χ1) is 15.5. The molecule has 1 aliphatic rings. The maximum absolute atomic E-state index is 13.2. The molecule has 1 atom stereocenters. The summed E-state index contributed by atoms with van der Waals surface area (Å²) in [4.78, 5) is 37.0. The molecule has 1 saturated heterocycles. The molecule has 0 radical (unpaired) electrons. The Labute approximate surface area is 189 Å². The first-order valence-corrected chi connectivity index (χ1v) is 11.2. The molecule has 4 rings (SSSR count). The van der Waals surface area contributed by atoms with Crippen molar-refractivity contribution in [2.45, 2.75) is 19.4 Å². The molecule has 1 fully saturated rings. The smallest absolute Gasteiger partial charge is 0.261 e. The van der Waals surface area contributed by atoms with E-state index in [0.717, 1.165) is 5.01 Å². The zero-order valence-corrected chi connectivity index (χ0v) is 18.4. The third kappa shape index (κ3) is 5.11. The number of thiazole rings is 1. The van der Waals surface area contributed by atoms with E-state index in [4.69, 9.17) is 9.72 Å². The van der Waals surface area contributed by atoms with Crippen LogP contribution in [0.1, 0.15) is 24.4 Å². The van der Waals surface area contributed by atoms with Gasteiger partial charge in [0.2, 0.25) is 11.9 Å². The molecule has 0 spiro atoms. The van der Waals surface area contributed by atoms with Gasteiger partial charge in [0.1, 0.15) is 10.8 Å². The van der Waals surface area contributed by atoms with Crippen molar-refractivity contribution >= 4 is 23.2 Å². The fourth-order valence-corrected chi connectivity index (χ4v) is 4.62. The number of para-hydroxylation sites is 1. The molecule has 0 bridgehead atoms. The van der Waals surface area contributed by atoms with Gasteiger partial charge in [0.05, 0.1) is 11.7 Å². The van der Waals surface area contributed by atoms with Gasteiger partial charge in [-0.3, -0.25) is 9.59 Å². The van der Waals surface area contributed by atoms with E-state index in [0.29, 0.717) is 43.1 Å². The molecule has 32 heavy (non-hydrogen) atoms. The molecule has 166 valence electrons. The van der Waals surface area contributed by atoms with E-state index in [2.05, 4.69) is 4.98 Å². The van der Waals surface area contributed by atoms with Crippen LogP contribution in [-0.2, 0) is 9.59 Å². The van der Waals surface area contributed by atoms with Crippen LogP contribution in [0.15, 0.2) is 54.0 Å². The Bertz CT molecular complexity index is 1070. The number of benzene rings is 1. The molecular weight excluding hydrogens is 431 g/mol. The second-order valence-electron chi connectivity index (χ2n) is 7.44. The molecule has 9 heteroatoms. The number of nitrogens with zero attached hydrogens (tertiary/aromatic N) is 4. The summed E-state index contributed by atoms with van der Waals surface area (Å²) in [7, 11) is 0. The first kappa shape index (κ1) is 21.9. The number of ether oxygens (including phenoxy) is 1. The Morgan fingerprint density at radius 3 is 2.69 bits per heavy atom. The number of aromatic nitrogens is 2. The maximum Gasteiger partial charge on any atom is 0.261 e. The molecule has 1 aliphatic heterocycles. The van der Waals surface area contributed by atoms with E-state index >= 15 is 0 Å². The topological polar surface area (TPSA) is 75.6 Å². The Balaban J connectivity index is 1.55. The van der Waals surface area contributed by atoms with Crippen LogP contribution in [0.2, 0.25) is 0 Å². The van der Waals surface area contributed by atoms with Crippen molar-refractivity contribution in [1.82, 2.24) is 19.8 Å². The highest BCUT2D eigenvalue weighted by molar-refractivity contribution is 7.10. The summed E-state index contributed by atoms with van der Waals surface area (Å²) in [6.07, 6.45) is 2.01. The predicted octanol–water partition coefficient (Wildman–Crippen LogP) is 3.55. The minimum Gasteiger partial charge on any atom is -0.484 e. The van der Waals surface area contributed by atoms with Crippen LogP contribution >= 0.6 is 11.3 Å². The quantitative estimate of drug-likeness (QED) is 0.551. The number of halogens is 1. The highest BCUT2D eigenvalue weighted by Crippen LogP contribution is 2.32. The van der Waals surface area contributed by atoms with Gasteiger partial charge in [0.25, 0.3) is 5.91 Å². The molecule has 3 heterocycles. The van der Waals surface area contributed by atoms with Crippen LogP contribution in [0, 0.1) is 5.95 Å². The van der Waals surface area contributed by atoms with Crippen LogP contribution in [0.5, 0.6) is 5.75 Å². The second kappa shape index (κ2) is 9.86. The van der Waals surface area contributed by atoms with E-state index in [9.17, 15) is 14.0 Å². The molecule has 0 aliphatic carbocycles. The van der Waals surface area contributed by atoms with Gasteiger partial charge in [-0.25, -0.2) is 9.97 Å². The van der Waals surface area contributed by atoms with Crippen molar-refractivity contribution in [3.05, 3.63) is 65.0 Å². The summed E-state index contributed by atoms with van der Waals surface area (Å²) in [6.45, 7) is 2.84. The lowest BCUT2D eigenvalue weighted by atomic mass is 10.1. The number of rotatable bonds is 5. The minimum absolute atomic E-state index is 0.0178. The molecule has 0 saturated carbocycles. The third-order valence-electron chi connectivity index (χ3n) is 5.36. The normalized spacial score (nSPS) is 16.5. The second-order valence-corrected chi connectivity index (χ2v) is 8.33. The number of amides is 2. The van der Waals surface area contributed by atoms with Crippen molar-refractivity contribution in [3.63, 3.8) is 0 Å². The van der Waals surface area contributed by atoms with E-state index in [1.54, 1.807) is 28.0 Å². The Hall–Kier alpha value is -3.33. The van der Waals surface area contributed by atoms with E-state index < -0.39 is 5.95 Å². The Kier molecular flexibility index (Phi) is 6.75. The molecule has 7 nitrogen and oxygen atoms in total. The van der Waals surface area contributed by atoms with Crippen molar-refractivity contribution in [2.75, 3.05) is 26.2 Å². The zero-order valence-electron chi connectivity index (χ0n) is 17.6. The first-order valence-electron chi connectivity index (χ1n) is 10.3. The number of hydrogen-bond acceptors (Lipinski definition) is 6. The number of carbonyl (C=O) groups excluding carboxylic acids is 2. The number of carbonyl (C=O) groups is 2. The van der Waals surface area contributed by atoms with Gasteiger partial charge in [0, 0.05) is 43.7 Å². The summed E-state index contributed by atoms with van der Waals surface area (Å²) >= 11 is 1.44. The van der Waals surface area contributed by atoms with Crippen molar-refractivity contribution in [2.24, 2.45) is 0 Å². The molecule has 0 N–H and O–H groups in total. The molecule has 2 amide bonds. The van der Waals surface area contributed by atoms with Crippen molar-refractivity contribution in [1.29, 1.82) is 0 Å². The summed E-state index contributed by atoms with van der Waals surface area (Å²) < 4.78 is 18.8. The largest absolute Gasteiger partial charge is 0.484 e. The third-order valence-corrected chi connectivity index (χ3v) is 6.31. The van der Waals surface area contributed by atoms with Gasteiger partial charge < -0.3 is 14.5 Å². The SMILES string of the molecule is CC(=O)N1CCC(c2nc(-c3ccc(F)nc3)cs2)N(C(=O)COc2ccccc2)CC1. The summed E-state index contributed by atoms with van der Waals surface area (Å²) in [5.74, 6) is -0.106. The predicted molar refractivity (Wildman–Crippen MR) is 119 cm³/mol. The zero-order chi connectivity index (χ0) is 22.5. The van der Waals surface area contributed by atoms with E-state index in [1.165, 1.54) is 30.5 Å². The monoisotopic (exact) mass is 454 g/mol. The lowest BCUT2D eigenvalue weighted by molar-refractivity contribution is -0.136. The average molecular weight is 455 g/mol. The van der Waals surface area contributed by atoms with Gasteiger partial charge >= 0.3 is 0 Å². The van der Waals surface area contributed by atoms with E-state index in [-0.39, 0.29) is 24.5 Å². The van der Waals surface area contributed by atoms with Gasteiger partial charge in [-0.1, -0.05) is 18.2 Å². The summed E-state index contributed by atoms with van der Waals surface area (Å²) in [5, 5.41) is 2.64. The van der Waals surface area contributed by atoms with Gasteiger partial charge in [-0.05, 0) is 30.7 Å². The van der Waals surface area contributed by atoms with Crippen molar-refractivity contribution in [3.8, 4) is 17.0 Å². The maximum atomic E-state index is 13.2. The number of pyridine rings is 1. The van der Waals surface area contributed by atoms with Crippen LogP contribution in [0.4, 0.5) is 4.39 Å². The van der Waals surface area contributed by atoms with Crippen LogP contribution in [-0.4, -0.2) is 57.8 Å². The fraction of sp³-hybridized carbons (Fsp3) is 0.304. The summed E-state index contributed by atoms with van der Waals surface area (Å²) in [6, 6.07) is 11.8. The Morgan fingerprint density at radius 2 is 1.97 bits per heavy atom. The number of hydrogen-bond donors (Lipinski definition) is 0. The molecule has 1 aromatic carbocycles. The lowest BCUT2D eigenvalue weighted by Gasteiger charge is -2.28. The van der Waals surface area contributed by atoms with Crippen LogP contribution in [0.25, 0.3) is 11.3 Å². The highest BCUT2D eigenvalue weighted by atomic mass is 32.1. The van der Waals surface area contributed by atoms with Crippen LogP contribution in [0.3, 0.4) is 0 Å². The molecular formula is C23H23FN4O3S. The van der Waals surface area contributed by atoms with Gasteiger partial charge in [0.15, 0.2) is 6.61 Å². The van der Waals surface area contributed by atoms with Gasteiger partial charge in [-0.2, -0.15) is 4.39 Å². The average Bonchev–Trinajstić information content (AvgIpc) is 3.17. The molecule has 1 unspecified atom stereocenters. The van der Waals surface area contributed by atoms with Crippen molar-refractivity contribution < 1.29 is 18.7 Å². The minimum atomic E-state index is -0.549. The Morgan fingerprint density at radius 1 is 1.16 bits per heavy atom.